The van der Waals surface area contributed by atoms with Crippen molar-refractivity contribution in [3.05, 3.63) is 102 Å². The van der Waals surface area contributed by atoms with Crippen LogP contribution in [0.15, 0.2) is 73.1 Å². The fourth-order valence-corrected chi connectivity index (χ4v) is 3.84. The van der Waals surface area contributed by atoms with Gasteiger partial charge in [0, 0.05) is 55.1 Å². The number of fused-ring (bicyclic) bond motifs is 1. The third kappa shape index (κ3) is 4.20. The van der Waals surface area contributed by atoms with Crippen LogP contribution in [0.25, 0.3) is 22.6 Å². The van der Waals surface area contributed by atoms with Gasteiger partial charge in [-0.25, -0.2) is 18.7 Å². The molecule has 0 saturated carbocycles. The Bertz CT molecular complexity index is 1210. The molecule has 6 heteroatoms. The molecule has 0 amide bonds. The quantitative estimate of drug-likeness (QED) is 0.469. The normalized spacial score (nSPS) is 13.7. The van der Waals surface area contributed by atoms with Crippen LogP contribution < -0.4 is 0 Å². The lowest BCUT2D eigenvalue weighted by atomic mass is 10.1. The molecule has 4 nitrogen and oxygen atoms in total. The van der Waals surface area contributed by atoms with Crippen molar-refractivity contribution in [3.63, 3.8) is 0 Å². The number of halogens is 2. The molecule has 1 aliphatic rings. The number of hydrogen-bond acceptors (Lipinski definition) is 4. The topological polar surface area (TPSA) is 41.9 Å². The molecule has 4 aromatic rings. The number of rotatable bonds is 4. The summed E-state index contributed by atoms with van der Waals surface area (Å²) >= 11 is 0. The van der Waals surface area contributed by atoms with Crippen LogP contribution in [-0.2, 0) is 19.5 Å². The summed E-state index contributed by atoms with van der Waals surface area (Å²) in [6.07, 6.45) is 4.60. The molecule has 0 saturated heterocycles. The highest BCUT2D eigenvalue weighted by Gasteiger charge is 2.19. The zero-order valence-corrected chi connectivity index (χ0v) is 16.8. The summed E-state index contributed by atoms with van der Waals surface area (Å²) in [5, 5.41) is 0. The van der Waals surface area contributed by atoms with Gasteiger partial charge in [0.05, 0.1) is 11.4 Å². The van der Waals surface area contributed by atoms with Crippen molar-refractivity contribution < 1.29 is 8.78 Å². The van der Waals surface area contributed by atoms with Crippen LogP contribution in [0.1, 0.15) is 16.8 Å². The van der Waals surface area contributed by atoms with Gasteiger partial charge in [-0.05, 0) is 29.8 Å². The Balaban J connectivity index is 1.27. The summed E-state index contributed by atoms with van der Waals surface area (Å²) in [4.78, 5) is 16.1. The first-order chi connectivity index (χ1) is 15.2. The summed E-state index contributed by atoms with van der Waals surface area (Å²) in [5.41, 5.74) is 5.53. The highest BCUT2D eigenvalue weighted by molar-refractivity contribution is 5.59. The van der Waals surface area contributed by atoms with E-state index in [0.717, 1.165) is 60.3 Å². The van der Waals surface area contributed by atoms with Crippen LogP contribution in [0.2, 0.25) is 0 Å². The second kappa shape index (κ2) is 8.32. The van der Waals surface area contributed by atoms with Gasteiger partial charge in [0.2, 0.25) is 0 Å². The number of benzene rings is 2. The first-order valence-corrected chi connectivity index (χ1v) is 10.2. The molecule has 0 aliphatic carbocycles. The van der Waals surface area contributed by atoms with Crippen molar-refractivity contribution in [2.45, 2.75) is 19.5 Å². The molecule has 2 aromatic carbocycles. The van der Waals surface area contributed by atoms with Gasteiger partial charge in [-0.2, -0.15) is 0 Å². The van der Waals surface area contributed by atoms with Crippen molar-refractivity contribution in [3.8, 4) is 22.6 Å². The average Bonchev–Trinajstić information content (AvgIpc) is 2.82. The molecule has 1 aliphatic heterocycles. The first-order valence-electron chi connectivity index (χ1n) is 10.2. The van der Waals surface area contributed by atoms with Gasteiger partial charge in [0.1, 0.15) is 0 Å². The lowest BCUT2D eigenvalue weighted by molar-refractivity contribution is 0.242. The molecule has 3 heterocycles. The largest absolute Gasteiger partial charge is 0.294 e. The third-order valence-corrected chi connectivity index (χ3v) is 5.49. The fourth-order valence-electron chi connectivity index (χ4n) is 3.84. The van der Waals surface area contributed by atoms with Crippen LogP contribution >= 0.6 is 0 Å². The van der Waals surface area contributed by atoms with Crippen molar-refractivity contribution >= 4 is 0 Å². The molecule has 154 valence electrons. The van der Waals surface area contributed by atoms with E-state index < -0.39 is 11.6 Å². The van der Waals surface area contributed by atoms with E-state index in [2.05, 4.69) is 14.9 Å². The summed E-state index contributed by atoms with van der Waals surface area (Å²) in [6, 6.07) is 17.7. The average molecular weight is 414 g/mol. The molecular formula is C25H20F2N4. The maximum Gasteiger partial charge on any atom is 0.159 e. The van der Waals surface area contributed by atoms with E-state index in [9.17, 15) is 8.78 Å². The number of aromatic nitrogens is 3. The molecule has 31 heavy (non-hydrogen) atoms. The monoisotopic (exact) mass is 414 g/mol. The van der Waals surface area contributed by atoms with E-state index in [4.69, 9.17) is 4.98 Å². The Morgan fingerprint density at radius 1 is 0.839 bits per heavy atom. The fraction of sp³-hybridized carbons (Fsp3) is 0.160. The maximum atomic E-state index is 13.5. The number of hydrogen-bond donors (Lipinski definition) is 0. The molecule has 0 unspecified atom stereocenters. The lowest BCUT2D eigenvalue weighted by Gasteiger charge is -2.28. The minimum atomic E-state index is -0.868. The van der Waals surface area contributed by atoms with E-state index in [-0.39, 0.29) is 0 Å². The Kier molecular flexibility index (Phi) is 5.22. The molecule has 0 bridgehead atoms. The molecule has 0 N–H and O–H groups in total. The molecule has 0 fully saturated rings. The second-order valence-electron chi connectivity index (χ2n) is 7.67. The standard InChI is InChI=1S/C25H20F2N4/c26-21-8-7-19(12-22(21)27)23-9-6-17(13-28-23)15-31-11-10-24-20(16-31)14-29-25(30-24)18-4-2-1-3-5-18/h1-9,12-14H,10-11,15-16H2. The smallest absolute Gasteiger partial charge is 0.159 e. The first kappa shape index (κ1) is 19.5. The van der Waals surface area contributed by atoms with Crippen LogP contribution in [0.4, 0.5) is 8.78 Å². The van der Waals surface area contributed by atoms with E-state index >= 15 is 0 Å². The van der Waals surface area contributed by atoms with E-state index in [1.165, 1.54) is 12.1 Å². The highest BCUT2D eigenvalue weighted by Crippen LogP contribution is 2.23. The van der Waals surface area contributed by atoms with Gasteiger partial charge in [-0.1, -0.05) is 36.4 Å². The van der Waals surface area contributed by atoms with Crippen molar-refractivity contribution in [2.75, 3.05) is 6.54 Å². The maximum absolute atomic E-state index is 13.5. The highest BCUT2D eigenvalue weighted by atomic mass is 19.2. The minimum Gasteiger partial charge on any atom is -0.294 e. The zero-order valence-electron chi connectivity index (χ0n) is 16.8. The van der Waals surface area contributed by atoms with E-state index in [1.807, 2.05) is 48.7 Å². The molecule has 5 rings (SSSR count). The van der Waals surface area contributed by atoms with E-state index in [0.29, 0.717) is 11.3 Å². The van der Waals surface area contributed by atoms with Gasteiger partial charge in [-0.3, -0.25) is 9.88 Å². The van der Waals surface area contributed by atoms with Gasteiger partial charge >= 0.3 is 0 Å². The van der Waals surface area contributed by atoms with E-state index in [1.54, 1.807) is 6.20 Å². The van der Waals surface area contributed by atoms with Crippen molar-refractivity contribution in [1.82, 2.24) is 19.9 Å². The third-order valence-electron chi connectivity index (χ3n) is 5.49. The Morgan fingerprint density at radius 2 is 1.71 bits per heavy atom. The number of pyridine rings is 1. The Labute approximate surface area is 179 Å². The molecular weight excluding hydrogens is 394 g/mol. The SMILES string of the molecule is Fc1ccc(-c2ccc(CN3CCc4nc(-c5ccccc5)ncc4C3)cn2)cc1F. The minimum absolute atomic E-state index is 0.559. The molecule has 0 spiro atoms. The summed E-state index contributed by atoms with van der Waals surface area (Å²) in [6.45, 7) is 2.45. The predicted molar refractivity (Wildman–Crippen MR) is 115 cm³/mol. The molecule has 2 aromatic heterocycles. The molecule has 0 atom stereocenters. The summed E-state index contributed by atoms with van der Waals surface area (Å²) in [7, 11) is 0. The Morgan fingerprint density at radius 3 is 2.48 bits per heavy atom. The predicted octanol–water partition coefficient (Wildman–Crippen LogP) is 5.04. The van der Waals surface area contributed by atoms with Gasteiger partial charge < -0.3 is 0 Å². The van der Waals surface area contributed by atoms with Crippen molar-refractivity contribution in [2.24, 2.45) is 0 Å². The summed E-state index contributed by atoms with van der Waals surface area (Å²) < 4.78 is 26.6. The molecule has 0 radical (unpaired) electrons. The Hall–Kier alpha value is -3.51. The second-order valence-corrected chi connectivity index (χ2v) is 7.67. The van der Waals surface area contributed by atoms with Crippen LogP contribution in [0.3, 0.4) is 0 Å². The van der Waals surface area contributed by atoms with Crippen LogP contribution in [-0.4, -0.2) is 26.4 Å². The van der Waals surface area contributed by atoms with Crippen LogP contribution in [0.5, 0.6) is 0 Å². The van der Waals surface area contributed by atoms with Crippen molar-refractivity contribution in [1.29, 1.82) is 0 Å². The lowest BCUT2D eigenvalue weighted by Crippen LogP contribution is -2.31. The summed E-state index contributed by atoms with van der Waals surface area (Å²) in [5.74, 6) is -0.955. The van der Waals surface area contributed by atoms with Gasteiger partial charge in [0.25, 0.3) is 0 Å². The van der Waals surface area contributed by atoms with Crippen LogP contribution in [0, 0.1) is 11.6 Å². The number of nitrogens with zero attached hydrogens (tertiary/aromatic N) is 4. The van der Waals surface area contributed by atoms with Gasteiger partial charge in [0.15, 0.2) is 17.5 Å². The van der Waals surface area contributed by atoms with Gasteiger partial charge in [-0.15, -0.1) is 0 Å². The zero-order chi connectivity index (χ0) is 21.2.